The van der Waals surface area contributed by atoms with Crippen LogP contribution in [0, 0.1) is 5.82 Å². The first-order valence-corrected chi connectivity index (χ1v) is 5.26. The molecule has 0 aliphatic rings. The minimum atomic E-state index is -0.380. The van der Waals surface area contributed by atoms with Gasteiger partial charge in [0, 0.05) is 19.1 Å². The molecule has 84 valence electrons. The molecular formula is C11H16ClFN2. The standard InChI is InChI=1S/C11H16ClFN2/c1-8(6-14)15(2)7-9-3-4-11(13)10(12)5-9/h3-5,8H,6-7,14H2,1-2H3. The summed E-state index contributed by atoms with van der Waals surface area (Å²) in [5, 5.41) is 0.168. The fourth-order valence-corrected chi connectivity index (χ4v) is 1.46. The molecule has 1 unspecified atom stereocenters. The topological polar surface area (TPSA) is 29.3 Å². The maximum atomic E-state index is 12.9. The molecule has 2 nitrogen and oxygen atoms in total. The molecule has 4 heteroatoms. The van der Waals surface area contributed by atoms with Crippen LogP contribution in [0.5, 0.6) is 0 Å². The van der Waals surface area contributed by atoms with Gasteiger partial charge in [-0.15, -0.1) is 0 Å². The molecule has 15 heavy (non-hydrogen) atoms. The maximum absolute atomic E-state index is 12.9. The van der Waals surface area contributed by atoms with Gasteiger partial charge in [-0.05, 0) is 31.7 Å². The van der Waals surface area contributed by atoms with Crippen molar-refractivity contribution in [3.63, 3.8) is 0 Å². The molecule has 2 N–H and O–H groups in total. The highest BCUT2D eigenvalue weighted by molar-refractivity contribution is 6.30. The summed E-state index contributed by atoms with van der Waals surface area (Å²) in [6.07, 6.45) is 0. The Kier molecular flexibility index (Phi) is 4.51. The van der Waals surface area contributed by atoms with Gasteiger partial charge in [0.2, 0.25) is 0 Å². The predicted octanol–water partition coefficient (Wildman–Crippen LogP) is 2.26. The molecule has 1 atom stereocenters. The van der Waals surface area contributed by atoms with E-state index in [1.54, 1.807) is 12.1 Å². The van der Waals surface area contributed by atoms with Crippen LogP contribution in [0.3, 0.4) is 0 Å². The highest BCUT2D eigenvalue weighted by atomic mass is 35.5. The fraction of sp³-hybridized carbons (Fsp3) is 0.455. The molecule has 0 bridgehead atoms. The first-order chi connectivity index (χ1) is 7.04. The van der Waals surface area contributed by atoms with Gasteiger partial charge < -0.3 is 5.73 Å². The number of nitrogens with zero attached hydrogens (tertiary/aromatic N) is 1. The van der Waals surface area contributed by atoms with Crippen LogP contribution in [0.15, 0.2) is 18.2 Å². The number of hydrogen-bond acceptors (Lipinski definition) is 2. The molecule has 0 aromatic heterocycles. The first kappa shape index (κ1) is 12.4. The van der Waals surface area contributed by atoms with Gasteiger partial charge in [-0.3, -0.25) is 4.90 Å². The van der Waals surface area contributed by atoms with Crippen LogP contribution in [0.2, 0.25) is 5.02 Å². The number of benzene rings is 1. The number of halogens is 2. The van der Waals surface area contributed by atoms with Gasteiger partial charge in [-0.2, -0.15) is 0 Å². The Bertz CT molecular complexity index is 330. The number of nitrogens with two attached hydrogens (primary N) is 1. The highest BCUT2D eigenvalue weighted by Crippen LogP contribution is 2.17. The average molecular weight is 231 g/mol. The molecule has 1 aromatic carbocycles. The van der Waals surface area contributed by atoms with Gasteiger partial charge in [-0.1, -0.05) is 17.7 Å². The van der Waals surface area contributed by atoms with Crippen molar-refractivity contribution in [2.24, 2.45) is 5.73 Å². The smallest absolute Gasteiger partial charge is 0.141 e. The summed E-state index contributed by atoms with van der Waals surface area (Å²) >= 11 is 5.69. The van der Waals surface area contributed by atoms with Crippen molar-refractivity contribution in [3.05, 3.63) is 34.6 Å². The number of rotatable bonds is 4. The molecule has 1 aromatic rings. The molecule has 0 aliphatic carbocycles. The van der Waals surface area contributed by atoms with Crippen LogP contribution < -0.4 is 5.73 Å². The van der Waals surface area contributed by atoms with Crippen LogP contribution in [0.1, 0.15) is 12.5 Å². The monoisotopic (exact) mass is 230 g/mol. The van der Waals surface area contributed by atoms with Gasteiger partial charge in [0.25, 0.3) is 0 Å². The molecule has 1 rings (SSSR count). The second-order valence-corrected chi connectivity index (χ2v) is 4.16. The third kappa shape index (κ3) is 3.45. The SMILES string of the molecule is CC(CN)N(C)Cc1ccc(F)c(Cl)c1. The van der Waals surface area contributed by atoms with Crippen LogP contribution in [-0.4, -0.2) is 24.5 Å². The molecule has 0 saturated carbocycles. The van der Waals surface area contributed by atoms with Crippen LogP contribution >= 0.6 is 11.6 Å². The maximum Gasteiger partial charge on any atom is 0.141 e. The van der Waals surface area contributed by atoms with Crippen molar-refractivity contribution in [2.45, 2.75) is 19.5 Å². The average Bonchev–Trinajstić information content (AvgIpc) is 2.22. The van der Waals surface area contributed by atoms with Crippen molar-refractivity contribution in [3.8, 4) is 0 Å². The van der Waals surface area contributed by atoms with E-state index in [9.17, 15) is 4.39 Å². The molecule has 0 saturated heterocycles. The summed E-state index contributed by atoms with van der Waals surface area (Å²) < 4.78 is 12.9. The van der Waals surface area contributed by atoms with Crippen LogP contribution in [0.25, 0.3) is 0 Å². The van der Waals surface area contributed by atoms with E-state index in [1.807, 2.05) is 14.0 Å². The second kappa shape index (κ2) is 5.45. The van der Waals surface area contributed by atoms with E-state index in [0.29, 0.717) is 12.6 Å². The van der Waals surface area contributed by atoms with E-state index < -0.39 is 0 Å². The quantitative estimate of drug-likeness (QED) is 0.860. The fourth-order valence-electron chi connectivity index (χ4n) is 1.26. The van der Waals surface area contributed by atoms with Crippen LogP contribution in [-0.2, 0) is 6.54 Å². The van der Waals surface area contributed by atoms with E-state index in [2.05, 4.69) is 4.90 Å². The van der Waals surface area contributed by atoms with Gasteiger partial charge in [0.05, 0.1) is 5.02 Å². The molecule has 0 aliphatic heterocycles. The van der Waals surface area contributed by atoms with E-state index in [1.165, 1.54) is 6.07 Å². The Balaban J connectivity index is 2.68. The van der Waals surface area contributed by atoms with Gasteiger partial charge >= 0.3 is 0 Å². The van der Waals surface area contributed by atoms with E-state index in [4.69, 9.17) is 17.3 Å². The lowest BCUT2D eigenvalue weighted by Gasteiger charge is -2.23. The lowest BCUT2D eigenvalue weighted by atomic mass is 10.2. The third-order valence-electron chi connectivity index (χ3n) is 2.51. The summed E-state index contributed by atoms with van der Waals surface area (Å²) in [4.78, 5) is 2.10. The summed E-state index contributed by atoms with van der Waals surface area (Å²) in [5.74, 6) is -0.380. The minimum Gasteiger partial charge on any atom is -0.329 e. The minimum absolute atomic E-state index is 0.168. The molecule has 0 heterocycles. The van der Waals surface area contributed by atoms with Crippen molar-refractivity contribution < 1.29 is 4.39 Å². The first-order valence-electron chi connectivity index (χ1n) is 4.89. The molecule has 0 radical (unpaired) electrons. The molecule has 0 spiro atoms. The zero-order valence-electron chi connectivity index (χ0n) is 9.00. The van der Waals surface area contributed by atoms with Crippen LogP contribution in [0.4, 0.5) is 4.39 Å². The molecule has 0 fully saturated rings. The van der Waals surface area contributed by atoms with Gasteiger partial charge in [0.1, 0.15) is 5.82 Å². The van der Waals surface area contributed by atoms with E-state index >= 15 is 0 Å². The Hall–Kier alpha value is -0.640. The van der Waals surface area contributed by atoms with Gasteiger partial charge in [0.15, 0.2) is 0 Å². The zero-order valence-corrected chi connectivity index (χ0v) is 9.76. The second-order valence-electron chi connectivity index (χ2n) is 3.75. The van der Waals surface area contributed by atoms with Crippen molar-refractivity contribution in [1.29, 1.82) is 0 Å². The van der Waals surface area contributed by atoms with Gasteiger partial charge in [-0.25, -0.2) is 4.39 Å². The van der Waals surface area contributed by atoms with Crippen molar-refractivity contribution in [2.75, 3.05) is 13.6 Å². The Labute approximate surface area is 94.8 Å². The molecule has 0 amide bonds. The summed E-state index contributed by atoms with van der Waals surface area (Å²) in [7, 11) is 1.98. The number of likely N-dealkylation sites (N-methyl/N-ethyl adjacent to an activating group) is 1. The Morgan fingerprint density at radius 1 is 1.53 bits per heavy atom. The van der Waals surface area contributed by atoms with E-state index in [0.717, 1.165) is 12.1 Å². The largest absolute Gasteiger partial charge is 0.329 e. The zero-order chi connectivity index (χ0) is 11.4. The number of hydrogen-bond donors (Lipinski definition) is 1. The Morgan fingerprint density at radius 3 is 2.73 bits per heavy atom. The third-order valence-corrected chi connectivity index (χ3v) is 2.80. The summed E-state index contributed by atoms with van der Waals surface area (Å²) in [5.41, 5.74) is 6.54. The predicted molar refractivity (Wildman–Crippen MR) is 61.4 cm³/mol. The summed E-state index contributed by atoms with van der Waals surface area (Å²) in [6.45, 7) is 3.37. The lowest BCUT2D eigenvalue weighted by molar-refractivity contribution is 0.255. The molecular weight excluding hydrogens is 215 g/mol. The Morgan fingerprint density at radius 2 is 2.20 bits per heavy atom. The van der Waals surface area contributed by atoms with E-state index in [-0.39, 0.29) is 10.8 Å². The summed E-state index contributed by atoms with van der Waals surface area (Å²) in [6, 6.07) is 5.07. The lowest BCUT2D eigenvalue weighted by Crippen LogP contribution is -2.34. The van der Waals surface area contributed by atoms with Crippen molar-refractivity contribution >= 4 is 11.6 Å². The highest BCUT2D eigenvalue weighted by Gasteiger charge is 2.08. The normalized spacial score (nSPS) is 13.2. The van der Waals surface area contributed by atoms with Crippen molar-refractivity contribution in [1.82, 2.24) is 4.90 Å².